The molecule has 0 spiro atoms. The number of rotatable bonds is 9. The summed E-state index contributed by atoms with van der Waals surface area (Å²) in [6, 6.07) is 6.56. The van der Waals surface area contributed by atoms with Crippen molar-refractivity contribution in [2.75, 3.05) is 13.2 Å². The Hall–Kier alpha value is -1.22. The van der Waals surface area contributed by atoms with Crippen LogP contribution in [0, 0.1) is 5.92 Å². The summed E-state index contributed by atoms with van der Waals surface area (Å²) in [6.45, 7) is 12.9. The second-order valence-electron chi connectivity index (χ2n) is 5.54. The van der Waals surface area contributed by atoms with Crippen molar-refractivity contribution in [3.63, 3.8) is 0 Å². The van der Waals surface area contributed by atoms with Gasteiger partial charge in [-0.15, -0.1) is 0 Å². The minimum atomic E-state index is 0.452. The van der Waals surface area contributed by atoms with Gasteiger partial charge in [0, 0.05) is 18.2 Å². The van der Waals surface area contributed by atoms with Crippen LogP contribution >= 0.6 is 0 Å². The molecule has 3 nitrogen and oxygen atoms in total. The van der Waals surface area contributed by atoms with Gasteiger partial charge < -0.3 is 14.8 Å². The molecule has 1 atom stereocenters. The van der Waals surface area contributed by atoms with Crippen molar-refractivity contribution in [1.29, 1.82) is 0 Å². The smallest absolute Gasteiger partial charge is 0.165 e. The number of nitrogens with one attached hydrogen (secondary N) is 1. The summed E-state index contributed by atoms with van der Waals surface area (Å²) < 4.78 is 11.7. The zero-order valence-electron chi connectivity index (χ0n) is 13.5. The quantitative estimate of drug-likeness (QED) is 0.741. The Morgan fingerprint density at radius 2 is 1.85 bits per heavy atom. The maximum absolute atomic E-state index is 6.04. The van der Waals surface area contributed by atoms with Crippen LogP contribution in [-0.4, -0.2) is 19.3 Å². The fourth-order valence-corrected chi connectivity index (χ4v) is 1.79. The molecule has 0 aliphatic heterocycles. The van der Waals surface area contributed by atoms with Crippen molar-refractivity contribution in [3.05, 3.63) is 23.8 Å². The lowest BCUT2D eigenvalue weighted by Gasteiger charge is -2.19. The Morgan fingerprint density at radius 3 is 2.45 bits per heavy atom. The lowest BCUT2D eigenvalue weighted by molar-refractivity contribution is 0.235. The van der Waals surface area contributed by atoms with E-state index in [1.165, 1.54) is 0 Å². The largest absolute Gasteiger partial charge is 0.490 e. The monoisotopic (exact) mass is 279 g/mol. The van der Waals surface area contributed by atoms with Crippen molar-refractivity contribution in [2.45, 2.75) is 53.6 Å². The van der Waals surface area contributed by atoms with E-state index in [4.69, 9.17) is 9.47 Å². The van der Waals surface area contributed by atoms with Gasteiger partial charge >= 0.3 is 0 Å². The molecule has 1 N–H and O–H groups in total. The topological polar surface area (TPSA) is 30.5 Å². The maximum Gasteiger partial charge on any atom is 0.165 e. The van der Waals surface area contributed by atoms with Gasteiger partial charge in [0.2, 0.25) is 0 Å². The highest BCUT2D eigenvalue weighted by Gasteiger charge is 2.12. The molecule has 1 rings (SSSR count). The molecule has 0 aliphatic rings. The normalized spacial score (nSPS) is 12.5. The first kappa shape index (κ1) is 16.8. The van der Waals surface area contributed by atoms with Gasteiger partial charge in [-0.3, -0.25) is 0 Å². The minimum Gasteiger partial charge on any atom is -0.490 e. The summed E-state index contributed by atoms with van der Waals surface area (Å²) in [5.74, 6) is 2.29. The van der Waals surface area contributed by atoms with Crippen LogP contribution in [0.3, 0.4) is 0 Å². The van der Waals surface area contributed by atoms with Gasteiger partial charge in [-0.05, 0) is 18.9 Å². The molecule has 20 heavy (non-hydrogen) atoms. The van der Waals surface area contributed by atoms with Crippen LogP contribution in [0.25, 0.3) is 0 Å². The van der Waals surface area contributed by atoms with Gasteiger partial charge in [0.15, 0.2) is 11.5 Å². The summed E-state index contributed by atoms with van der Waals surface area (Å²) in [5.41, 5.74) is 1.16. The molecule has 1 aromatic rings. The average molecular weight is 279 g/mol. The lowest BCUT2D eigenvalue weighted by atomic mass is 10.1. The van der Waals surface area contributed by atoms with Crippen LogP contribution < -0.4 is 14.8 Å². The van der Waals surface area contributed by atoms with E-state index >= 15 is 0 Å². The zero-order chi connectivity index (χ0) is 15.0. The second-order valence-corrected chi connectivity index (χ2v) is 5.54. The molecule has 0 aliphatic carbocycles. The Bertz CT molecular complexity index is 391. The third kappa shape index (κ3) is 5.41. The first-order valence-corrected chi connectivity index (χ1v) is 7.69. The van der Waals surface area contributed by atoms with Crippen LogP contribution in [-0.2, 0) is 6.54 Å². The van der Waals surface area contributed by atoms with Crippen LogP contribution in [0.4, 0.5) is 0 Å². The highest BCUT2D eigenvalue weighted by atomic mass is 16.5. The standard InChI is InChI=1S/C17H29NO2/c1-6-14(5)12-20-17-15(11-18-13(3)4)9-8-10-16(17)19-7-2/h8-10,13-14,18H,6-7,11-12H2,1-5H3. The van der Waals surface area contributed by atoms with Crippen molar-refractivity contribution >= 4 is 0 Å². The lowest BCUT2D eigenvalue weighted by Crippen LogP contribution is -2.22. The van der Waals surface area contributed by atoms with Gasteiger partial charge in [-0.2, -0.15) is 0 Å². The highest BCUT2D eigenvalue weighted by molar-refractivity contribution is 5.46. The molecule has 0 heterocycles. The molecule has 0 amide bonds. The SMILES string of the molecule is CCOc1cccc(CNC(C)C)c1OCC(C)CC. The predicted molar refractivity (Wildman–Crippen MR) is 84.5 cm³/mol. The molecular weight excluding hydrogens is 250 g/mol. The summed E-state index contributed by atoms with van der Waals surface area (Å²) in [4.78, 5) is 0. The fourth-order valence-electron chi connectivity index (χ4n) is 1.79. The molecule has 0 saturated carbocycles. The van der Waals surface area contributed by atoms with Gasteiger partial charge in [0.05, 0.1) is 13.2 Å². The van der Waals surface area contributed by atoms with Crippen molar-refractivity contribution in [2.24, 2.45) is 5.92 Å². The molecule has 0 bridgehead atoms. The number of hydrogen-bond donors (Lipinski definition) is 1. The van der Waals surface area contributed by atoms with Crippen LogP contribution in [0.1, 0.15) is 46.6 Å². The van der Waals surface area contributed by atoms with E-state index in [0.29, 0.717) is 18.6 Å². The molecule has 0 aromatic heterocycles. The first-order chi connectivity index (χ1) is 9.58. The van der Waals surface area contributed by atoms with E-state index in [2.05, 4.69) is 39.1 Å². The summed E-state index contributed by atoms with van der Waals surface area (Å²) in [6.07, 6.45) is 1.12. The van der Waals surface area contributed by atoms with E-state index in [1.54, 1.807) is 0 Å². The van der Waals surface area contributed by atoms with Gasteiger partial charge in [0.25, 0.3) is 0 Å². The van der Waals surface area contributed by atoms with Gasteiger partial charge in [0.1, 0.15) is 0 Å². The van der Waals surface area contributed by atoms with E-state index in [0.717, 1.165) is 36.6 Å². The molecule has 1 aromatic carbocycles. The van der Waals surface area contributed by atoms with E-state index in [1.807, 2.05) is 19.1 Å². The zero-order valence-corrected chi connectivity index (χ0v) is 13.5. The molecule has 0 fully saturated rings. The van der Waals surface area contributed by atoms with Crippen LogP contribution in [0.5, 0.6) is 11.5 Å². The van der Waals surface area contributed by atoms with Crippen molar-refractivity contribution in [1.82, 2.24) is 5.32 Å². The number of benzene rings is 1. The predicted octanol–water partition coefficient (Wildman–Crippen LogP) is 4.01. The average Bonchev–Trinajstić information content (AvgIpc) is 2.43. The maximum atomic E-state index is 6.04. The summed E-state index contributed by atoms with van der Waals surface area (Å²) in [5, 5.41) is 3.44. The number of para-hydroxylation sites is 1. The number of hydrogen-bond acceptors (Lipinski definition) is 3. The summed E-state index contributed by atoms with van der Waals surface area (Å²) in [7, 11) is 0. The Balaban J connectivity index is 2.87. The molecule has 3 heteroatoms. The third-order valence-electron chi connectivity index (χ3n) is 3.27. The molecule has 0 radical (unpaired) electrons. The Morgan fingerprint density at radius 1 is 1.10 bits per heavy atom. The first-order valence-electron chi connectivity index (χ1n) is 7.69. The van der Waals surface area contributed by atoms with Gasteiger partial charge in [-0.25, -0.2) is 0 Å². The number of ether oxygens (including phenoxy) is 2. The van der Waals surface area contributed by atoms with Crippen LogP contribution in [0.15, 0.2) is 18.2 Å². The summed E-state index contributed by atoms with van der Waals surface area (Å²) >= 11 is 0. The highest BCUT2D eigenvalue weighted by Crippen LogP contribution is 2.32. The van der Waals surface area contributed by atoms with Crippen LogP contribution in [0.2, 0.25) is 0 Å². The Kier molecular flexibility index (Phi) is 7.45. The minimum absolute atomic E-state index is 0.452. The molecule has 114 valence electrons. The van der Waals surface area contributed by atoms with Crippen molar-refractivity contribution < 1.29 is 9.47 Å². The van der Waals surface area contributed by atoms with Crippen molar-refractivity contribution in [3.8, 4) is 11.5 Å². The van der Waals surface area contributed by atoms with E-state index in [-0.39, 0.29) is 0 Å². The fraction of sp³-hybridized carbons (Fsp3) is 0.647. The molecule has 0 saturated heterocycles. The van der Waals surface area contributed by atoms with Gasteiger partial charge in [-0.1, -0.05) is 46.2 Å². The Labute approximate surface area is 123 Å². The molecule has 1 unspecified atom stereocenters. The third-order valence-corrected chi connectivity index (χ3v) is 3.27. The van der Waals surface area contributed by atoms with E-state index < -0.39 is 0 Å². The van der Waals surface area contributed by atoms with E-state index in [9.17, 15) is 0 Å². The second kappa shape index (κ2) is 8.85. The molecular formula is C17H29NO2.